The highest BCUT2D eigenvalue weighted by Gasteiger charge is 2.44. The largest absolute Gasteiger partial charge is 0.313 e. The summed E-state index contributed by atoms with van der Waals surface area (Å²) in [5, 5.41) is 3.62. The van der Waals surface area contributed by atoms with Crippen LogP contribution in [0.3, 0.4) is 0 Å². The second kappa shape index (κ2) is 5.70. The highest BCUT2D eigenvalue weighted by atomic mass is 79.9. The molecule has 1 N–H and O–H groups in total. The van der Waals surface area contributed by atoms with Crippen molar-refractivity contribution < 1.29 is 4.39 Å². The fraction of sp³-hybridized carbons (Fsp3) is 0.600. The fourth-order valence-electron chi connectivity index (χ4n) is 2.35. The van der Waals surface area contributed by atoms with Gasteiger partial charge >= 0.3 is 0 Å². The van der Waals surface area contributed by atoms with Crippen molar-refractivity contribution >= 4 is 15.9 Å². The van der Waals surface area contributed by atoms with Crippen LogP contribution in [-0.4, -0.2) is 12.6 Å². The molecule has 0 aromatic heterocycles. The second-order valence-corrected chi connectivity index (χ2v) is 6.45. The fourth-order valence-corrected chi connectivity index (χ4v) is 2.76. The van der Waals surface area contributed by atoms with E-state index in [4.69, 9.17) is 0 Å². The first kappa shape index (κ1) is 14.0. The molecule has 1 aromatic rings. The third kappa shape index (κ3) is 3.33. The van der Waals surface area contributed by atoms with Gasteiger partial charge in [0.1, 0.15) is 5.82 Å². The van der Waals surface area contributed by atoms with Crippen LogP contribution in [0.1, 0.15) is 38.7 Å². The van der Waals surface area contributed by atoms with Gasteiger partial charge < -0.3 is 5.32 Å². The lowest BCUT2D eigenvalue weighted by Crippen LogP contribution is -2.38. The van der Waals surface area contributed by atoms with Gasteiger partial charge in [0.25, 0.3) is 0 Å². The molecule has 1 aliphatic carbocycles. The van der Waals surface area contributed by atoms with Gasteiger partial charge in [-0.3, -0.25) is 0 Å². The molecule has 1 nitrogen and oxygen atoms in total. The minimum atomic E-state index is -0.150. The predicted octanol–water partition coefficient (Wildman–Crippen LogP) is 4.30. The van der Waals surface area contributed by atoms with E-state index in [0.29, 0.717) is 11.5 Å². The Morgan fingerprint density at radius 3 is 2.78 bits per heavy atom. The topological polar surface area (TPSA) is 12.0 Å². The maximum atomic E-state index is 13.3. The lowest BCUT2D eigenvalue weighted by molar-refractivity contribution is 0.353. The molecule has 100 valence electrons. The molecule has 1 atom stereocenters. The van der Waals surface area contributed by atoms with Crippen LogP contribution in [0.5, 0.6) is 0 Å². The SMILES string of the molecule is CCCNC(Cc1cc(F)ccc1Br)C1(C)CC1. The molecule has 0 aliphatic heterocycles. The summed E-state index contributed by atoms with van der Waals surface area (Å²) in [4.78, 5) is 0. The quantitative estimate of drug-likeness (QED) is 0.825. The van der Waals surface area contributed by atoms with E-state index >= 15 is 0 Å². The summed E-state index contributed by atoms with van der Waals surface area (Å²) in [5.74, 6) is -0.150. The Kier molecular flexibility index (Phi) is 4.44. The lowest BCUT2D eigenvalue weighted by atomic mass is 9.92. The van der Waals surface area contributed by atoms with Crippen LogP contribution in [0.15, 0.2) is 22.7 Å². The molecular formula is C15H21BrFN. The minimum Gasteiger partial charge on any atom is -0.313 e. The Bertz CT molecular complexity index is 415. The Morgan fingerprint density at radius 2 is 2.17 bits per heavy atom. The summed E-state index contributed by atoms with van der Waals surface area (Å²) in [7, 11) is 0. The molecule has 1 saturated carbocycles. The van der Waals surface area contributed by atoms with Crippen molar-refractivity contribution in [2.24, 2.45) is 5.41 Å². The highest BCUT2D eigenvalue weighted by Crippen LogP contribution is 2.49. The first-order valence-electron chi connectivity index (χ1n) is 6.72. The van der Waals surface area contributed by atoms with E-state index in [-0.39, 0.29) is 5.82 Å². The van der Waals surface area contributed by atoms with Crippen LogP contribution < -0.4 is 5.32 Å². The molecule has 0 spiro atoms. The number of rotatable bonds is 6. The van der Waals surface area contributed by atoms with Gasteiger partial charge in [0.2, 0.25) is 0 Å². The molecular weight excluding hydrogens is 293 g/mol. The number of halogens is 2. The molecule has 0 amide bonds. The van der Waals surface area contributed by atoms with Crippen LogP contribution >= 0.6 is 15.9 Å². The summed E-state index contributed by atoms with van der Waals surface area (Å²) < 4.78 is 14.3. The summed E-state index contributed by atoms with van der Waals surface area (Å²) in [6.07, 6.45) is 4.59. The number of hydrogen-bond acceptors (Lipinski definition) is 1. The normalized spacial score (nSPS) is 18.7. The van der Waals surface area contributed by atoms with Gasteiger partial charge in [0, 0.05) is 10.5 Å². The summed E-state index contributed by atoms with van der Waals surface area (Å²) >= 11 is 3.52. The van der Waals surface area contributed by atoms with Gasteiger partial charge in [-0.2, -0.15) is 0 Å². The molecule has 0 heterocycles. The maximum absolute atomic E-state index is 13.3. The van der Waals surface area contributed by atoms with Crippen LogP contribution in [0.4, 0.5) is 4.39 Å². The molecule has 2 rings (SSSR count). The van der Waals surface area contributed by atoms with Crippen molar-refractivity contribution in [3.63, 3.8) is 0 Å². The zero-order chi connectivity index (χ0) is 13.2. The van der Waals surface area contributed by atoms with E-state index in [1.165, 1.54) is 18.9 Å². The summed E-state index contributed by atoms with van der Waals surface area (Å²) in [6.45, 7) is 5.54. The second-order valence-electron chi connectivity index (χ2n) is 5.60. The monoisotopic (exact) mass is 313 g/mol. The number of hydrogen-bond donors (Lipinski definition) is 1. The third-order valence-electron chi connectivity index (χ3n) is 3.95. The van der Waals surface area contributed by atoms with Gasteiger partial charge in [-0.25, -0.2) is 4.39 Å². The van der Waals surface area contributed by atoms with Crippen molar-refractivity contribution in [3.8, 4) is 0 Å². The van der Waals surface area contributed by atoms with E-state index in [1.807, 2.05) is 0 Å². The third-order valence-corrected chi connectivity index (χ3v) is 4.73. The van der Waals surface area contributed by atoms with E-state index in [1.54, 1.807) is 12.1 Å². The van der Waals surface area contributed by atoms with Gasteiger partial charge in [0.05, 0.1) is 0 Å². The van der Waals surface area contributed by atoms with E-state index in [0.717, 1.165) is 29.4 Å². The van der Waals surface area contributed by atoms with Crippen LogP contribution in [-0.2, 0) is 6.42 Å². The molecule has 18 heavy (non-hydrogen) atoms. The zero-order valence-corrected chi connectivity index (χ0v) is 12.7. The van der Waals surface area contributed by atoms with Crippen molar-refractivity contribution in [3.05, 3.63) is 34.1 Å². The average Bonchev–Trinajstić information content (AvgIpc) is 3.08. The zero-order valence-electron chi connectivity index (χ0n) is 11.1. The molecule has 0 radical (unpaired) electrons. The Morgan fingerprint density at radius 1 is 1.44 bits per heavy atom. The number of benzene rings is 1. The van der Waals surface area contributed by atoms with Crippen molar-refractivity contribution in [1.82, 2.24) is 5.32 Å². The summed E-state index contributed by atoms with van der Waals surface area (Å²) in [5.41, 5.74) is 1.47. The molecule has 1 aliphatic rings. The first-order valence-corrected chi connectivity index (χ1v) is 7.52. The lowest BCUT2D eigenvalue weighted by Gasteiger charge is -2.25. The molecule has 1 fully saturated rings. The van der Waals surface area contributed by atoms with Gasteiger partial charge in [-0.15, -0.1) is 0 Å². The van der Waals surface area contributed by atoms with Crippen LogP contribution in [0, 0.1) is 11.2 Å². The highest BCUT2D eigenvalue weighted by molar-refractivity contribution is 9.10. The first-order chi connectivity index (χ1) is 8.55. The Hall–Kier alpha value is -0.410. The molecule has 1 aromatic carbocycles. The van der Waals surface area contributed by atoms with E-state index in [9.17, 15) is 4.39 Å². The van der Waals surface area contributed by atoms with Crippen LogP contribution in [0.2, 0.25) is 0 Å². The predicted molar refractivity (Wildman–Crippen MR) is 77.2 cm³/mol. The van der Waals surface area contributed by atoms with Crippen molar-refractivity contribution in [1.29, 1.82) is 0 Å². The van der Waals surface area contributed by atoms with Gasteiger partial charge in [0.15, 0.2) is 0 Å². The minimum absolute atomic E-state index is 0.150. The number of nitrogens with one attached hydrogen (secondary N) is 1. The Labute approximate surface area is 117 Å². The molecule has 0 saturated heterocycles. The van der Waals surface area contributed by atoms with Crippen molar-refractivity contribution in [2.75, 3.05) is 6.54 Å². The van der Waals surface area contributed by atoms with E-state index < -0.39 is 0 Å². The van der Waals surface area contributed by atoms with Gasteiger partial charge in [-0.05, 0) is 61.4 Å². The van der Waals surface area contributed by atoms with Gasteiger partial charge in [-0.1, -0.05) is 29.8 Å². The molecule has 0 bridgehead atoms. The molecule has 1 unspecified atom stereocenters. The van der Waals surface area contributed by atoms with Crippen LogP contribution in [0.25, 0.3) is 0 Å². The average molecular weight is 314 g/mol. The smallest absolute Gasteiger partial charge is 0.123 e. The standard InChI is InChI=1S/C15H21BrFN/c1-3-8-18-14(15(2)6-7-15)10-11-9-12(17)4-5-13(11)16/h4-5,9,14,18H,3,6-8,10H2,1-2H3. The van der Waals surface area contributed by atoms with E-state index in [2.05, 4.69) is 35.1 Å². The van der Waals surface area contributed by atoms with Crippen molar-refractivity contribution in [2.45, 2.75) is 45.6 Å². The molecule has 3 heteroatoms. The summed E-state index contributed by atoms with van der Waals surface area (Å²) in [6, 6.07) is 5.41. The maximum Gasteiger partial charge on any atom is 0.123 e. The Balaban J connectivity index is 2.10.